The number of nitrogens with one attached hydrogen (secondary N) is 2. The van der Waals surface area contributed by atoms with Crippen LogP contribution in [0.25, 0.3) is 0 Å². The number of nitrogens with zero attached hydrogens (tertiary/aromatic N) is 3. The smallest absolute Gasteiger partial charge is 0.191 e. The number of piperazine rings is 1. The van der Waals surface area contributed by atoms with Gasteiger partial charge in [-0.15, -0.1) is 0 Å². The number of benzene rings is 2. The molecular formula is C25H37N5O2. The van der Waals surface area contributed by atoms with E-state index in [0.29, 0.717) is 0 Å². The molecule has 2 aromatic carbocycles. The van der Waals surface area contributed by atoms with E-state index in [9.17, 15) is 0 Å². The van der Waals surface area contributed by atoms with Gasteiger partial charge in [-0.1, -0.05) is 30.3 Å². The standard InChI is InChI=1S/C25H37N5O2/c1-26-25(27-12-11-20-9-10-23(31-3)24(17-20)32-4)28-18-21-5-7-22(8-6-21)19-30-15-13-29(2)14-16-30/h5-10,17H,11-16,18-19H2,1-4H3,(H2,26,27,28). The van der Waals surface area contributed by atoms with Crippen LogP contribution in [-0.4, -0.2) is 76.8 Å². The van der Waals surface area contributed by atoms with Crippen LogP contribution in [0.3, 0.4) is 0 Å². The Morgan fingerprint density at radius 2 is 1.53 bits per heavy atom. The summed E-state index contributed by atoms with van der Waals surface area (Å²) in [5.41, 5.74) is 3.80. The van der Waals surface area contributed by atoms with Crippen LogP contribution in [0, 0.1) is 0 Å². The Kier molecular flexibility index (Phi) is 9.19. The van der Waals surface area contributed by atoms with Gasteiger partial charge in [0.25, 0.3) is 0 Å². The van der Waals surface area contributed by atoms with E-state index in [1.807, 2.05) is 12.1 Å². The molecule has 1 heterocycles. The van der Waals surface area contributed by atoms with E-state index < -0.39 is 0 Å². The second-order valence-corrected chi connectivity index (χ2v) is 8.19. The van der Waals surface area contributed by atoms with Gasteiger partial charge in [-0.05, 0) is 42.3 Å². The molecule has 1 saturated heterocycles. The normalized spacial score (nSPS) is 15.4. The molecule has 0 amide bonds. The number of methoxy groups -OCH3 is 2. The SMILES string of the molecule is CN=C(NCCc1ccc(OC)c(OC)c1)NCc1ccc(CN2CCN(C)CC2)cc1. The van der Waals surface area contributed by atoms with E-state index in [0.717, 1.165) is 69.7 Å². The van der Waals surface area contributed by atoms with Crippen molar-refractivity contribution in [2.75, 3.05) is 61.0 Å². The number of hydrogen-bond acceptors (Lipinski definition) is 5. The van der Waals surface area contributed by atoms with Crippen molar-refractivity contribution in [1.29, 1.82) is 0 Å². The Labute approximate surface area is 192 Å². The van der Waals surface area contributed by atoms with Crippen LogP contribution in [0.15, 0.2) is 47.5 Å². The zero-order valence-corrected chi connectivity index (χ0v) is 19.9. The van der Waals surface area contributed by atoms with Crippen molar-refractivity contribution >= 4 is 5.96 Å². The van der Waals surface area contributed by atoms with Crippen molar-refractivity contribution in [3.05, 3.63) is 59.2 Å². The molecule has 0 aromatic heterocycles. The molecule has 32 heavy (non-hydrogen) atoms. The van der Waals surface area contributed by atoms with Crippen LogP contribution >= 0.6 is 0 Å². The third-order valence-corrected chi connectivity index (χ3v) is 5.86. The van der Waals surface area contributed by atoms with Crippen molar-refractivity contribution in [3.63, 3.8) is 0 Å². The molecule has 0 radical (unpaired) electrons. The first kappa shape index (κ1) is 23.9. The van der Waals surface area contributed by atoms with Gasteiger partial charge in [-0.3, -0.25) is 9.89 Å². The van der Waals surface area contributed by atoms with Gasteiger partial charge in [-0.25, -0.2) is 0 Å². The summed E-state index contributed by atoms with van der Waals surface area (Å²) < 4.78 is 10.7. The Bertz CT molecular complexity index is 861. The fourth-order valence-electron chi connectivity index (χ4n) is 3.79. The maximum absolute atomic E-state index is 5.38. The van der Waals surface area contributed by atoms with E-state index >= 15 is 0 Å². The van der Waals surface area contributed by atoms with Crippen LogP contribution < -0.4 is 20.1 Å². The molecule has 0 aliphatic carbocycles. The highest BCUT2D eigenvalue weighted by Crippen LogP contribution is 2.27. The Balaban J connectivity index is 1.41. The summed E-state index contributed by atoms with van der Waals surface area (Å²) >= 11 is 0. The number of aliphatic imine (C=N–C) groups is 1. The average Bonchev–Trinajstić information content (AvgIpc) is 2.83. The van der Waals surface area contributed by atoms with E-state index in [2.05, 4.69) is 62.8 Å². The first-order valence-electron chi connectivity index (χ1n) is 11.3. The van der Waals surface area contributed by atoms with Crippen molar-refractivity contribution in [2.24, 2.45) is 4.99 Å². The highest BCUT2D eigenvalue weighted by Gasteiger charge is 2.13. The maximum atomic E-state index is 5.38. The van der Waals surface area contributed by atoms with Crippen LogP contribution in [0.5, 0.6) is 11.5 Å². The number of rotatable bonds is 9. The van der Waals surface area contributed by atoms with Gasteiger partial charge >= 0.3 is 0 Å². The molecule has 3 rings (SSSR count). The molecule has 174 valence electrons. The minimum atomic E-state index is 0.741. The summed E-state index contributed by atoms with van der Waals surface area (Å²) in [5, 5.41) is 6.78. The molecule has 0 bridgehead atoms. The minimum absolute atomic E-state index is 0.741. The topological polar surface area (TPSA) is 61.4 Å². The van der Waals surface area contributed by atoms with Gasteiger partial charge in [0.1, 0.15) is 0 Å². The van der Waals surface area contributed by atoms with Gasteiger partial charge in [0.2, 0.25) is 0 Å². The minimum Gasteiger partial charge on any atom is -0.493 e. The number of hydrogen-bond donors (Lipinski definition) is 2. The van der Waals surface area contributed by atoms with E-state index in [1.54, 1.807) is 21.3 Å². The lowest BCUT2D eigenvalue weighted by molar-refractivity contribution is 0.148. The second kappa shape index (κ2) is 12.3. The molecular weight excluding hydrogens is 402 g/mol. The highest BCUT2D eigenvalue weighted by molar-refractivity contribution is 5.79. The molecule has 1 fully saturated rings. The van der Waals surface area contributed by atoms with Crippen molar-refractivity contribution in [2.45, 2.75) is 19.5 Å². The summed E-state index contributed by atoms with van der Waals surface area (Å²) in [6.07, 6.45) is 0.863. The van der Waals surface area contributed by atoms with Crippen molar-refractivity contribution < 1.29 is 9.47 Å². The zero-order chi connectivity index (χ0) is 22.8. The van der Waals surface area contributed by atoms with Crippen LogP contribution in [0.2, 0.25) is 0 Å². The summed E-state index contributed by atoms with van der Waals surface area (Å²) in [6, 6.07) is 14.9. The zero-order valence-electron chi connectivity index (χ0n) is 19.9. The van der Waals surface area contributed by atoms with Crippen molar-refractivity contribution in [1.82, 2.24) is 20.4 Å². The van der Waals surface area contributed by atoms with Gasteiger partial charge in [0.15, 0.2) is 17.5 Å². The van der Waals surface area contributed by atoms with Crippen molar-refractivity contribution in [3.8, 4) is 11.5 Å². The lowest BCUT2D eigenvalue weighted by atomic mass is 10.1. The Hall–Kier alpha value is -2.77. The molecule has 1 aliphatic heterocycles. The number of likely N-dealkylation sites (N-methyl/N-ethyl adjacent to an activating group) is 1. The quantitative estimate of drug-likeness (QED) is 0.462. The van der Waals surface area contributed by atoms with Gasteiger partial charge < -0.3 is 25.0 Å². The molecule has 7 nitrogen and oxygen atoms in total. The molecule has 0 unspecified atom stereocenters. The van der Waals surface area contributed by atoms with Gasteiger partial charge in [0, 0.05) is 52.9 Å². The summed E-state index contributed by atoms with van der Waals surface area (Å²) in [4.78, 5) is 9.25. The summed E-state index contributed by atoms with van der Waals surface area (Å²) in [7, 11) is 7.30. The maximum Gasteiger partial charge on any atom is 0.191 e. The Morgan fingerprint density at radius 3 is 2.19 bits per heavy atom. The van der Waals surface area contributed by atoms with Crippen LogP contribution in [-0.2, 0) is 19.5 Å². The first-order valence-corrected chi connectivity index (χ1v) is 11.3. The van der Waals surface area contributed by atoms with Crippen LogP contribution in [0.4, 0.5) is 0 Å². The summed E-state index contributed by atoms with van der Waals surface area (Å²) in [6.45, 7) is 7.14. The van der Waals surface area contributed by atoms with Gasteiger partial charge in [0.05, 0.1) is 14.2 Å². The molecule has 1 aliphatic rings. The monoisotopic (exact) mass is 439 g/mol. The van der Waals surface area contributed by atoms with Crippen LogP contribution in [0.1, 0.15) is 16.7 Å². The Morgan fingerprint density at radius 1 is 0.875 bits per heavy atom. The molecule has 2 N–H and O–H groups in total. The lowest BCUT2D eigenvalue weighted by Crippen LogP contribution is -2.43. The fourth-order valence-corrected chi connectivity index (χ4v) is 3.79. The molecule has 2 aromatic rings. The largest absolute Gasteiger partial charge is 0.493 e. The number of ether oxygens (including phenoxy) is 2. The van der Waals surface area contributed by atoms with E-state index in [-0.39, 0.29) is 0 Å². The third kappa shape index (κ3) is 7.14. The van der Waals surface area contributed by atoms with E-state index in [4.69, 9.17) is 9.47 Å². The third-order valence-electron chi connectivity index (χ3n) is 5.86. The highest BCUT2D eigenvalue weighted by atomic mass is 16.5. The predicted molar refractivity (Wildman–Crippen MR) is 131 cm³/mol. The summed E-state index contributed by atoms with van der Waals surface area (Å²) in [5.74, 6) is 2.30. The molecule has 0 atom stereocenters. The molecule has 0 saturated carbocycles. The second-order valence-electron chi connectivity index (χ2n) is 8.19. The first-order chi connectivity index (χ1) is 15.6. The average molecular weight is 440 g/mol. The molecule has 0 spiro atoms. The lowest BCUT2D eigenvalue weighted by Gasteiger charge is -2.32. The number of guanidine groups is 1. The van der Waals surface area contributed by atoms with E-state index in [1.165, 1.54) is 16.7 Å². The predicted octanol–water partition coefficient (Wildman–Crippen LogP) is 2.36. The molecule has 7 heteroatoms. The van der Waals surface area contributed by atoms with Gasteiger partial charge in [-0.2, -0.15) is 0 Å². The fraction of sp³-hybridized carbons (Fsp3) is 0.480.